The van der Waals surface area contributed by atoms with Crippen molar-refractivity contribution in [1.82, 2.24) is 10.3 Å². The standard InChI is InChI=1S/C13H14N2/c1-2-9-3-11(7-14-6-9)10-4-12-8-15-13(12)5-10/h2-4,6-7,12-13,15H,1,5,8H2/t12-,13-/m1/s1. The Hall–Kier alpha value is -1.41. The van der Waals surface area contributed by atoms with Gasteiger partial charge in [0.1, 0.15) is 0 Å². The molecule has 2 nitrogen and oxygen atoms in total. The zero-order valence-corrected chi connectivity index (χ0v) is 8.61. The lowest BCUT2D eigenvalue weighted by atomic mass is 9.95. The highest BCUT2D eigenvalue weighted by atomic mass is 15.0. The van der Waals surface area contributed by atoms with Crippen LogP contribution in [0.1, 0.15) is 17.5 Å². The van der Waals surface area contributed by atoms with Crippen molar-refractivity contribution in [2.24, 2.45) is 5.92 Å². The minimum absolute atomic E-state index is 0.687. The molecule has 76 valence electrons. The van der Waals surface area contributed by atoms with E-state index < -0.39 is 0 Å². The molecule has 0 amide bonds. The number of aromatic nitrogens is 1. The molecule has 2 aliphatic rings. The monoisotopic (exact) mass is 198 g/mol. The Morgan fingerprint density at radius 1 is 1.47 bits per heavy atom. The highest BCUT2D eigenvalue weighted by Crippen LogP contribution is 2.35. The lowest BCUT2D eigenvalue weighted by Crippen LogP contribution is -2.49. The van der Waals surface area contributed by atoms with E-state index in [2.05, 4.69) is 29.0 Å². The summed E-state index contributed by atoms with van der Waals surface area (Å²) < 4.78 is 0. The number of fused-ring (bicyclic) bond motifs is 1. The molecule has 3 rings (SSSR count). The third kappa shape index (κ3) is 1.41. The molecule has 2 heteroatoms. The molecule has 1 fully saturated rings. The van der Waals surface area contributed by atoms with E-state index in [-0.39, 0.29) is 0 Å². The van der Waals surface area contributed by atoms with Crippen LogP contribution in [0.15, 0.2) is 31.1 Å². The van der Waals surface area contributed by atoms with Gasteiger partial charge in [0, 0.05) is 30.9 Å². The van der Waals surface area contributed by atoms with Gasteiger partial charge in [0.05, 0.1) is 0 Å². The van der Waals surface area contributed by atoms with Gasteiger partial charge in [-0.3, -0.25) is 4.98 Å². The van der Waals surface area contributed by atoms with Crippen molar-refractivity contribution < 1.29 is 0 Å². The highest BCUT2D eigenvalue weighted by Gasteiger charge is 2.34. The van der Waals surface area contributed by atoms with Crippen molar-refractivity contribution in [3.05, 3.63) is 42.2 Å². The van der Waals surface area contributed by atoms with E-state index >= 15 is 0 Å². The second-order valence-corrected chi connectivity index (χ2v) is 4.29. The molecule has 1 N–H and O–H groups in total. The fourth-order valence-corrected chi connectivity index (χ4v) is 2.34. The summed E-state index contributed by atoms with van der Waals surface area (Å²) in [7, 11) is 0. The second-order valence-electron chi connectivity index (χ2n) is 4.29. The van der Waals surface area contributed by atoms with Crippen LogP contribution < -0.4 is 5.32 Å². The van der Waals surface area contributed by atoms with Crippen LogP contribution >= 0.6 is 0 Å². The Balaban J connectivity index is 1.92. The van der Waals surface area contributed by atoms with Crippen LogP contribution in [0.2, 0.25) is 0 Å². The Kier molecular flexibility index (Phi) is 1.96. The topological polar surface area (TPSA) is 24.9 Å². The number of nitrogens with one attached hydrogen (secondary N) is 1. The molecule has 1 saturated heterocycles. The number of hydrogen-bond donors (Lipinski definition) is 1. The molecule has 0 saturated carbocycles. The first-order valence-electron chi connectivity index (χ1n) is 5.39. The minimum atomic E-state index is 0.687. The van der Waals surface area contributed by atoms with Crippen LogP contribution in [0.5, 0.6) is 0 Å². The minimum Gasteiger partial charge on any atom is -0.312 e. The summed E-state index contributed by atoms with van der Waals surface area (Å²) >= 11 is 0. The molecule has 0 spiro atoms. The summed E-state index contributed by atoms with van der Waals surface area (Å²) in [5.41, 5.74) is 3.79. The van der Waals surface area contributed by atoms with Crippen LogP contribution in [0, 0.1) is 5.92 Å². The lowest BCUT2D eigenvalue weighted by Gasteiger charge is -2.31. The van der Waals surface area contributed by atoms with E-state index in [1.165, 1.54) is 11.1 Å². The maximum atomic E-state index is 4.24. The molecule has 1 aromatic rings. The van der Waals surface area contributed by atoms with Crippen LogP contribution in [-0.4, -0.2) is 17.6 Å². The van der Waals surface area contributed by atoms with Crippen molar-refractivity contribution in [3.63, 3.8) is 0 Å². The first kappa shape index (κ1) is 8.86. The average Bonchev–Trinajstić information content (AvgIpc) is 2.55. The first-order valence-corrected chi connectivity index (χ1v) is 5.39. The Morgan fingerprint density at radius 3 is 3.00 bits per heavy atom. The summed E-state index contributed by atoms with van der Waals surface area (Å²) in [6.07, 6.45) is 9.18. The van der Waals surface area contributed by atoms with Crippen LogP contribution in [0.4, 0.5) is 0 Å². The van der Waals surface area contributed by atoms with Crippen molar-refractivity contribution >= 4 is 11.6 Å². The van der Waals surface area contributed by atoms with E-state index in [4.69, 9.17) is 0 Å². The summed E-state index contributed by atoms with van der Waals surface area (Å²) in [4.78, 5) is 4.24. The molecular weight excluding hydrogens is 184 g/mol. The third-order valence-electron chi connectivity index (χ3n) is 3.35. The Labute approximate surface area is 89.7 Å². The molecule has 1 aliphatic heterocycles. The fourth-order valence-electron chi connectivity index (χ4n) is 2.34. The van der Waals surface area contributed by atoms with Crippen LogP contribution in [0.3, 0.4) is 0 Å². The molecule has 1 aliphatic carbocycles. The molecule has 2 heterocycles. The smallest absolute Gasteiger partial charge is 0.0343 e. The summed E-state index contributed by atoms with van der Waals surface area (Å²) in [6.45, 7) is 4.91. The van der Waals surface area contributed by atoms with Gasteiger partial charge in [-0.2, -0.15) is 0 Å². The number of nitrogens with zero attached hydrogens (tertiary/aromatic N) is 1. The molecule has 1 aromatic heterocycles. The largest absolute Gasteiger partial charge is 0.312 e. The number of pyridine rings is 1. The van der Waals surface area contributed by atoms with Gasteiger partial charge in [0.15, 0.2) is 0 Å². The predicted molar refractivity (Wildman–Crippen MR) is 62.2 cm³/mol. The highest BCUT2D eigenvalue weighted by molar-refractivity contribution is 5.70. The molecule has 0 radical (unpaired) electrons. The van der Waals surface area contributed by atoms with E-state index in [1.807, 2.05) is 18.5 Å². The van der Waals surface area contributed by atoms with Crippen molar-refractivity contribution in [3.8, 4) is 0 Å². The average molecular weight is 198 g/mol. The van der Waals surface area contributed by atoms with Gasteiger partial charge in [-0.25, -0.2) is 0 Å². The van der Waals surface area contributed by atoms with Crippen molar-refractivity contribution in [2.45, 2.75) is 12.5 Å². The maximum Gasteiger partial charge on any atom is 0.0343 e. The van der Waals surface area contributed by atoms with Gasteiger partial charge in [-0.15, -0.1) is 0 Å². The van der Waals surface area contributed by atoms with Gasteiger partial charge in [-0.1, -0.05) is 18.7 Å². The summed E-state index contributed by atoms with van der Waals surface area (Å²) in [5.74, 6) is 0.757. The van der Waals surface area contributed by atoms with Crippen molar-refractivity contribution in [1.29, 1.82) is 0 Å². The zero-order chi connectivity index (χ0) is 10.3. The number of hydrogen-bond acceptors (Lipinski definition) is 2. The zero-order valence-electron chi connectivity index (χ0n) is 8.61. The van der Waals surface area contributed by atoms with Gasteiger partial charge < -0.3 is 5.32 Å². The summed E-state index contributed by atoms with van der Waals surface area (Å²) in [5, 5.41) is 3.44. The van der Waals surface area contributed by atoms with E-state index in [0.717, 1.165) is 24.4 Å². The first-order chi connectivity index (χ1) is 7.36. The third-order valence-corrected chi connectivity index (χ3v) is 3.35. The molecule has 2 atom stereocenters. The normalized spacial score (nSPS) is 27.9. The SMILES string of the molecule is C=Cc1cncc(C2=C[C@@H]3CN[C@@H]3C2)c1. The van der Waals surface area contributed by atoms with E-state index in [1.54, 1.807) is 0 Å². The van der Waals surface area contributed by atoms with E-state index in [0.29, 0.717) is 6.04 Å². The van der Waals surface area contributed by atoms with Crippen molar-refractivity contribution in [2.75, 3.05) is 6.54 Å². The molecule has 0 aromatic carbocycles. The molecule has 15 heavy (non-hydrogen) atoms. The second kappa shape index (κ2) is 3.31. The van der Waals surface area contributed by atoms with Gasteiger partial charge in [-0.05, 0) is 29.2 Å². The summed E-state index contributed by atoms with van der Waals surface area (Å²) in [6, 6.07) is 2.85. The quantitative estimate of drug-likeness (QED) is 0.787. The molecule has 0 unspecified atom stereocenters. The fraction of sp³-hybridized carbons (Fsp3) is 0.308. The predicted octanol–water partition coefficient (Wildman–Crippen LogP) is 2.10. The lowest BCUT2D eigenvalue weighted by molar-refractivity contribution is 0.306. The molecule has 0 bridgehead atoms. The van der Waals surface area contributed by atoms with Crippen LogP contribution in [-0.2, 0) is 0 Å². The van der Waals surface area contributed by atoms with Gasteiger partial charge >= 0.3 is 0 Å². The van der Waals surface area contributed by atoms with Gasteiger partial charge in [0.25, 0.3) is 0 Å². The molecular formula is C13H14N2. The van der Waals surface area contributed by atoms with Crippen LogP contribution in [0.25, 0.3) is 11.6 Å². The maximum absolute atomic E-state index is 4.24. The Morgan fingerprint density at radius 2 is 2.40 bits per heavy atom. The number of rotatable bonds is 2. The van der Waals surface area contributed by atoms with E-state index in [9.17, 15) is 0 Å². The Bertz CT molecular complexity index is 434. The van der Waals surface area contributed by atoms with Gasteiger partial charge in [0.2, 0.25) is 0 Å².